The molecule has 1 atom stereocenters. The molecule has 0 spiro atoms. The first-order chi connectivity index (χ1) is 8.99. The monoisotopic (exact) mass is 266 g/mol. The van der Waals surface area contributed by atoms with Crippen LogP contribution in [0.4, 0.5) is 0 Å². The number of rotatable bonds is 8. The van der Waals surface area contributed by atoms with Gasteiger partial charge in [0.2, 0.25) is 0 Å². The molecule has 0 aliphatic rings. The van der Waals surface area contributed by atoms with Gasteiger partial charge in [0, 0.05) is 12.3 Å². The Kier molecular flexibility index (Phi) is 5.99. The van der Waals surface area contributed by atoms with Gasteiger partial charge in [0.25, 0.3) is 0 Å². The number of benzene rings is 1. The zero-order valence-corrected chi connectivity index (χ0v) is 11.5. The summed E-state index contributed by atoms with van der Waals surface area (Å²) < 4.78 is 5.29. The van der Waals surface area contributed by atoms with Gasteiger partial charge in [0.05, 0.1) is 12.2 Å². The molecule has 0 bridgehead atoms. The maximum atomic E-state index is 10.5. The number of hydrogen-bond donors (Lipinski definition) is 2. The van der Waals surface area contributed by atoms with Crippen LogP contribution in [0.25, 0.3) is 0 Å². The average molecular weight is 266 g/mol. The van der Waals surface area contributed by atoms with E-state index < -0.39 is 5.60 Å². The summed E-state index contributed by atoms with van der Waals surface area (Å²) in [6, 6.07) is 7.40. The van der Waals surface area contributed by atoms with E-state index in [0.717, 1.165) is 11.8 Å². The molecule has 0 aliphatic carbocycles. The first kappa shape index (κ1) is 15.7. The van der Waals surface area contributed by atoms with Gasteiger partial charge in [-0.2, -0.15) is 0 Å². The molecule has 0 saturated carbocycles. The van der Waals surface area contributed by atoms with Gasteiger partial charge in [0.15, 0.2) is 0 Å². The van der Waals surface area contributed by atoms with E-state index in [-0.39, 0.29) is 19.1 Å². The van der Waals surface area contributed by atoms with Crippen molar-refractivity contribution in [2.75, 3.05) is 13.2 Å². The molecule has 0 aromatic heterocycles. The Morgan fingerprint density at radius 3 is 2.42 bits per heavy atom. The van der Waals surface area contributed by atoms with Gasteiger partial charge in [-0.15, -0.1) is 0 Å². The van der Waals surface area contributed by atoms with E-state index in [1.54, 1.807) is 13.8 Å². The largest absolute Gasteiger partial charge is 0.491 e. The second kappa shape index (κ2) is 7.26. The summed E-state index contributed by atoms with van der Waals surface area (Å²) in [6.45, 7) is 3.74. The molecule has 0 fully saturated rings. The Morgan fingerprint density at radius 2 is 1.95 bits per heavy atom. The fraction of sp³-hybridized carbons (Fsp3) is 0.533. The van der Waals surface area contributed by atoms with Gasteiger partial charge in [-0.3, -0.25) is 0 Å². The van der Waals surface area contributed by atoms with Gasteiger partial charge in [-0.1, -0.05) is 12.1 Å². The van der Waals surface area contributed by atoms with Crippen LogP contribution in [0.15, 0.2) is 24.3 Å². The molecule has 0 saturated heterocycles. The van der Waals surface area contributed by atoms with E-state index in [0.29, 0.717) is 18.6 Å². The summed E-state index contributed by atoms with van der Waals surface area (Å²) in [5, 5.41) is 18.9. The molecule has 1 rings (SSSR count). The van der Waals surface area contributed by atoms with E-state index in [2.05, 4.69) is 0 Å². The first-order valence-electron chi connectivity index (χ1n) is 6.48. The second-order valence-electron chi connectivity index (χ2n) is 5.09. The minimum atomic E-state index is -0.878. The number of aliphatic hydroxyl groups is 2. The third-order valence-corrected chi connectivity index (χ3v) is 3.07. The molecule has 0 heterocycles. The van der Waals surface area contributed by atoms with Crippen LogP contribution in [0, 0.1) is 0 Å². The molecular formula is C15H22O4. The lowest BCUT2D eigenvalue weighted by molar-refractivity contribution is -0.108. The van der Waals surface area contributed by atoms with Crippen LogP contribution >= 0.6 is 0 Å². The lowest BCUT2D eigenvalue weighted by atomic mass is 9.81. The van der Waals surface area contributed by atoms with Crippen molar-refractivity contribution in [3.8, 4) is 5.75 Å². The second-order valence-corrected chi connectivity index (χ2v) is 5.09. The first-order valence-corrected chi connectivity index (χ1v) is 6.48. The summed E-state index contributed by atoms with van der Waals surface area (Å²) in [7, 11) is 0. The van der Waals surface area contributed by atoms with Gasteiger partial charge >= 0.3 is 0 Å². The average Bonchev–Trinajstić information content (AvgIpc) is 2.36. The lowest BCUT2D eigenvalue weighted by Crippen LogP contribution is -2.29. The van der Waals surface area contributed by atoms with Crippen LogP contribution in [-0.4, -0.2) is 35.3 Å². The van der Waals surface area contributed by atoms with Crippen molar-refractivity contribution in [2.45, 2.75) is 38.2 Å². The summed E-state index contributed by atoms with van der Waals surface area (Å²) in [4.78, 5) is 10.5. The lowest BCUT2D eigenvalue weighted by Gasteiger charge is -2.29. The number of carbonyl (C=O) groups is 1. The zero-order chi connectivity index (χ0) is 14.3. The molecule has 0 aliphatic heterocycles. The van der Waals surface area contributed by atoms with Crippen LogP contribution in [0.5, 0.6) is 5.75 Å². The number of ether oxygens (including phenoxy) is 1. The van der Waals surface area contributed by atoms with Crippen molar-refractivity contribution in [1.82, 2.24) is 0 Å². The Morgan fingerprint density at radius 1 is 1.32 bits per heavy atom. The summed E-state index contributed by atoms with van der Waals surface area (Å²) in [5.41, 5.74) is 0.0990. The Balaban J connectivity index is 2.81. The third-order valence-electron chi connectivity index (χ3n) is 3.07. The van der Waals surface area contributed by atoms with Crippen molar-refractivity contribution >= 4 is 6.29 Å². The standard InChI is InChI=1S/C15H22O4/c1-15(2,18)14(4-3-9-16)12-5-7-13(8-6-12)19-11-10-17/h5-9,14,17-18H,3-4,10-11H2,1-2H3. The fourth-order valence-electron chi connectivity index (χ4n) is 2.12. The van der Waals surface area contributed by atoms with Crippen LogP contribution in [0.1, 0.15) is 38.2 Å². The van der Waals surface area contributed by atoms with Gasteiger partial charge < -0.3 is 19.7 Å². The fourth-order valence-corrected chi connectivity index (χ4v) is 2.12. The van der Waals surface area contributed by atoms with Crippen LogP contribution in [0.3, 0.4) is 0 Å². The highest BCUT2D eigenvalue weighted by atomic mass is 16.5. The quantitative estimate of drug-likeness (QED) is 0.705. The zero-order valence-electron chi connectivity index (χ0n) is 11.5. The van der Waals surface area contributed by atoms with E-state index >= 15 is 0 Å². The highest BCUT2D eigenvalue weighted by molar-refractivity contribution is 5.49. The topological polar surface area (TPSA) is 66.8 Å². The Hall–Kier alpha value is -1.39. The van der Waals surface area contributed by atoms with E-state index in [4.69, 9.17) is 9.84 Å². The maximum absolute atomic E-state index is 10.5. The normalized spacial score (nSPS) is 13.1. The number of aliphatic hydroxyl groups excluding tert-OH is 1. The van der Waals surface area contributed by atoms with Crippen molar-refractivity contribution in [1.29, 1.82) is 0 Å². The molecule has 1 aromatic rings. The van der Waals surface area contributed by atoms with Crippen LogP contribution < -0.4 is 4.74 Å². The van der Waals surface area contributed by atoms with Gasteiger partial charge in [-0.05, 0) is 38.0 Å². The molecule has 106 valence electrons. The molecule has 1 unspecified atom stereocenters. The minimum absolute atomic E-state index is 0.0205. The van der Waals surface area contributed by atoms with E-state index in [9.17, 15) is 9.90 Å². The SMILES string of the molecule is CC(C)(O)C(CCC=O)c1ccc(OCCO)cc1. The molecule has 2 N–H and O–H groups in total. The predicted octanol–water partition coefficient (Wildman–Crippen LogP) is 1.89. The highest BCUT2D eigenvalue weighted by Crippen LogP contribution is 2.32. The Bertz CT molecular complexity index is 378. The van der Waals surface area contributed by atoms with Crippen molar-refractivity contribution in [3.05, 3.63) is 29.8 Å². The van der Waals surface area contributed by atoms with Crippen molar-refractivity contribution < 1.29 is 19.7 Å². The molecular weight excluding hydrogens is 244 g/mol. The molecule has 4 heteroatoms. The Labute approximate surface area is 114 Å². The van der Waals surface area contributed by atoms with Gasteiger partial charge in [0.1, 0.15) is 18.6 Å². The summed E-state index contributed by atoms with van der Waals surface area (Å²) in [5.74, 6) is 0.590. The number of aldehydes is 1. The summed E-state index contributed by atoms with van der Waals surface area (Å²) >= 11 is 0. The number of hydrogen-bond acceptors (Lipinski definition) is 4. The molecule has 4 nitrogen and oxygen atoms in total. The van der Waals surface area contributed by atoms with E-state index in [1.165, 1.54) is 0 Å². The van der Waals surface area contributed by atoms with Gasteiger partial charge in [-0.25, -0.2) is 0 Å². The summed E-state index contributed by atoms with van der Waals surface area (Å²) in [6.07, 6.45) is 1.92. The molecule has 0 amide bonds. The van der Waals surface area contributed by atoms with Crippen LogP contribution in [-0.2, 0) is 4.79 Å². The van der Waals surface area contributed by atoms with E-state index in [1.807, 2.05) is 24.3 Å². The molecule has 1 aromatic carbocycles. The third kappa shape index (κ3) is 5.01. The molecule has 0 radical (unpaired) electrons. The number of carbonyl (C=O) groups excluding carboxylic acids is 1. The smallest absolute Gasteiger partial charge is 0.120 e. The van der Waals surface area contributed by atoms with Crippen LogP contribution in [0.2, 0.25) is 0 Å². The van der Waals surface area contributed by atoms with Crippen molar-refractivity contribution in [2.24, 2.45) is 0 Å². The minimum Gasteiger partial charge on any atom is -0.491 e. The molecule has 19 heavy (non-hydrogen) atoms. The predicted molar refractivity (Wildman–Crippen MR) is 73.4 cm³/mol. The maximum Gasteiger partial charge on any atom is 0.120 e. The highest BCUT2D eigenvalue weighted by Gasteiger charge is 2.27. The van der Waals surface area contributed by atoms with Crippen molar-refractivity contribution in [3.63, 3.8) is 0 Å².